The van der Waals surface area contributed by atoms with Crippen molar-refractivity contribution < 1.29 is 28.6 Å². The Balaban J connectivity index is 4.63. The predicted molar refractivity (Wildman–Crippen MR) is 269 cm³/mol. The average molecular weight is 867 g/mol. The second kappa shape index (κ2) is 49.9. The zero-order valence-corrected chi connectivity index (χ0v) is 39.8. The van der Waals surface area contributed by atoms with Crippen LogP contribution in [0, 0.1) is 0 Å². The summed E-state index contributed by atoms with van der Waals surface area (Å²) >= 11 is 0. The van der Waals surface area contributed by atoms with Gasteiger partial charge in [0, 0.05) is 19.3 Å². The van der Waals surface area contributed by atoms with Gasteiger partial charge in [-0.3, -0.25) is 14.4 Å². The first-order valence-corrected chi connectivity index (χ1v) is 24.3. The van der Waals surface area contributed by atoms with E-state index in [2.05, 4.69) is 167 Å². The molecule has 0 radical (unpaired) electrons. The smallest absolute Gasteiger partial charge is 0.306 e. The lowest BCUT2D eigenvalue weighted by Gasteiger charge is -2.18. The molecule has 1 unspecified atom stereocenters. The maximum atomic E-state index is 12.8. The van der Waals surface area contributed by atoms with Crippen molar-refractivity contribution in [3.63, 3.8) is 0 Å². The molecule has 6 heteroatoms. The van der Waals surface area contributed by atoms with Gasteiger partial charge in [-0.25, -0.2) is 0 Å². The molecule has 63 heavy (non-hydrogen) atoms. The Kier molecular flexibility index (Phi) is 46.2. The van der Waals surface area contributed by atoms with Crippen molar-refractivity contribution in [3.05, 3.63) is 146 Å². The molecule has 350 valence electrons. The summed E-state index contributed by atoms with van der Waals surface area (Å²) in [5.41, 5.74) is 0. The average Bonchev–Trinajstić information content (AvgIpc) is 3.28. The van der Waals surface area contributed by atoms with Gasteiger partial charge in [-0.05, 0) is 128 Å². The Morgan fingerprint density at radius 2 is 0.587 bits per heavy atom. The third kappa shape index (κ3) is 48.2. The fourth-order valence-electron chi connectivity index (χ4n) is 5.77. The van der Waals surface area contributed by atoms with Gasteiger partial charge in [-0.1, -0.05) is 173 Å². The van der Waals surface area contributed by atoms with Crippen LogP contribution in [0.1, 0.15) is 175 Å². The van der Waals surface area contributed by atoms with E-state index in [9.17, 15) is 14.4 Å². The first-order chi connectivity index (χ1) is 31.0. The Morgan fingerprint density at radius 1 is 0.317 bits per heavy atom. The van der Waals surface area contributed by atoms with E-state index in [0.29, 0.717) is 19.3 Å². The monoisotopic (exact) mass is 867 g/mol. The van der Waals surface area contributed by atoms with E-state index in [1.165, 1.54) is 0 Å². The molecule has 0 rings (SSSR count). The lowest BCUT2D eigenvalue weighted by atomic mass is 10.1. The molecule has 0 fully saturated rings. The number of allylic oxidation sites excluding steroid dienone is 24. The van der Waals surface area contributed by atoms with Gasteiger partial charge < -0.3 is 14.2 Å². The molecule has 0 aliphatic carbocycles. The minimum atomic E-state index is -0.840. The van der Waals surface area contributed by atoms with Gasteiger partial charge in [0.2, 0.25) is 0 Å². The molecule has 0 saturated carbocycles. The van der Waals surface area contributed by atoms with E-state index in [-0.39, 0.29) is 44.0 Å². The molecule has 0 aromatic heterocycles. The molecule has 0 spiro atoms. The molecule has 0 aromatic rings. The molecule has 0 N–H and O–H groups in total. The third-order valence-corrected chi connectivity index (χ3v) is 9.32. The second-order valence-electron chi connectivity index (χ2n) is 15.2. The van der Waals surface area contributed by atoms with Crippen LogP contribution in [0.3, 0.4) is 0 Å². The second-order valence-corrected chi connectivity index (χ2v) is 15.2. The third-order valence-electron chi connectivity index (χ3n) is 9.32. The molecule has 6 nitrogen and oxygen atoms in total. The van der Waals surface area contributed by atoms with Gasteiger partial charge in [0.15, 0.2) is 6.10 Å². The highest BCUT2D eigenvalue weighted by atomic mass is 16.6. The molecule has 1 atom stereocenters. The number of hydrogen-bond acceptors (Lipinski definition) is 6. The highest BCUT2D eigenvalue weighted by molar-refractivity contribution is 5.71. The number of ether oxygens (including phenoxy) is 3. The van der Waals surface area contributed by atoms with Crippen LogP contribution in [0.4, 0.5) is 0 Å². The summed E-state index contributed by atoms with van der Waals surface area (Å²) < 4.78 is 16.6. The summed E-state index contributed by atoms with van der Waals surface area (Å²) in [4.78, 5) is 37.9. The van der Waals surface area contributed by atoms with E-state index >= 15 is 0 Å². The molecular weight excluding hydrogens is 781 g/mol. The molecule has 0 heterocycles. The normalized spacial score (nSPS) is 13.4. The van der Waals surface area contributed by atoms with Crippen LogP contribution in [0.2, 0.25) is 0 Å². The van der Waals surface area contributed by atoms with Crippen LogP contribution in [-0.2, 0) is 28.6 Å². The highest BCUT2D eigenvalue weighted by Crippen LogP contribution is 2.10. The van der Waals surface area contributed by atoms with E-state index in [1.807, 2.05) is 0 Å². The van der Waals surface area contributed by atoms with Gasteiger partial charge in [-0.15, -0.1) is 0 Å². The van der Waals surface area contributed by atoms with Crippen LogP contribution in [0.25, 0.3) is 0 Å². The summed E-state index contributed by atoms with van der Waals surface area (Å²) in [7, 11) is 0. The zero-order valence-electron chi connectivity index (χ0n) is 39.8. The summed E-state index contributed by atoms with van der Waals surface area (Å²) in [6, 6.07) is 0. The quantitative estimate of drug-likeness (QED) is 0.0264. The van der Waals surface area contributed by atoms with Crippen molar-refractivity contribution >= 4 is 17.9 Å². The van der Waals surface area contributed by atoms with Gasteiger partial charge in [0.25, 0.3) is 0 Å². The van der Waals surface area contributed by atoms with Gasteiger partial charge in [0.1, 0.15) is 13.2 Å². The van der Waals surface area contributed by atoms with Gasteiger partial charge in [-0.2, -0.15) is 0 Å². The van der Waals surface area contributed by atoms with Crippen molar-refractivity contribution in [3.8, 4) is 0 Å². The minimum Gasteiger partial charge on any atom is -0.462 e. The minimum absolute atomic E-state index is 0.135. The Labute approximate surface area is 385 Å². The standard InChI is InChI=1S/C57H86O6/c1-4-7-10-13-16-19-22-25-27-28-30-32-35-38-41-44-47-50-56(59)62-53-54(52-61-55(58)49-46-43-40-37-34-31-24-21-18-15-12-9-6-3)63-57(60)51-48-45-42-39-36-33-29-26-23-20-17-14-11-8-5-2/h7-12,16-21,25-27,29-32,34,36,38-39,41,54H,4-6,13-15,22-24,28,33,35,37,40,42-53H2,1-3H3/b10-7-,11-8-,12-9-,19-16-,20-17-,21-18-,27-25-,29-26-,32-30-,34-31-,39-36-,41-38-. The lowest BCUT2D eigenvalue weighted by molar-refractivity contribution is -0.167. The largest absolute Gasteiger partial charge is 0.462 e. The fraction of sp³-hybridized carbons (Fsp3) is 0.526. The predicted octanol–water partition coefficient (Wildman–Crippen LogP) is 16.1. The SMILES string of the molecule is CC/C=C\C/C=C\C/C=C\C/C=C\C/C=C\CCCC(=O)OCC(COC(=O)CCCCC/C=C\C/C=C\C/C=C\CC)OC(=O)CCCC/C=C\C/C=C\C/C=C\C/C=C\CC. The summed E-state index contributed by atoms with van der Waals surface area (Å²) in [5.74, 6) is -1.08. The maximum Gasteiger partial charge on any atom is 0.306 e. The van der Waals surface area contributed by atoms with E-state index in [4.69, 9.17) is 14.2 Å². The maximum absolute atomic E-state index is 12.8. The topological polar surface area (TPSA) is 78.9 Å². The van der Waals surface area contributed by atoms with Crippen molar-refractivity contribution in [2.45, 2.75) is 181 Å². The van der Waals surface area contributed by atoms with Gasteiger partial charge in [0.05, 0.1) is 0 Å². The Morgan fingerprint density at radius 3 is 0.952 bits per heavy atom. The van der Waals surface area contributed by atoms with Crippen LogP contribution in [-0.4, -0.2) is 37.2 Å². The Hall–Kier alpha value is -4.71. The highest BCUT2D eigenvalue weighted by Gasteiger charge is 2.19. The summed E-state index contributed by atoms with van der Waals surface area (Å²) in [6.07, 6.45) is 71.2. The van der Waals surface area contributed by atoms with E-state index in [0.717, 1.165) is 122 Å². The summed E-state index contributed by atoms with van der Waals surface area (Å²) in [6.45, 7) is 6.14. The van der Waals surface area contributed by atoms with Crippen molar-refractivity contribution in [1.29, 1.82) is 0 Å². The van der Waals surface area contributed by atoms with Crippen molar-refractivity contribution in [1.82, 2.24) is 0 Å². The van der Waals surface area contributed by atoms with E-state index in [1.54, 1.807) is 0 Å². The molecular formula is C57H86O6. The molecule has 0 aliphatic rings. The fourth-order valence-corrected chi connectivity index (χ4v) is 5.77. The first-order valence-electron chi connectivity index (χ1n) is 24.3. The Bertz CT molecular complexity index is 1460. The number of unbranched alkanes of at least 4 members (excludes halogenated alkanes) is 6. The van der Waals surface area contributed by atoms with E-state index < -0.39 is 6.10 Å². The molecule has 0 amide bonds. The van der Waals surface area contributed by atoms with Crippen molar-refractivity contribution in [2.75, 3.05) is 13.2 Å². The van der Waals surface area contributed by atoms with Crippen LogP contribution in [0.15, 0.2) is 146 Å². The number of carbonyl (C=O) groups is 3. The lowest BCUT2D eigenvalue weighted by Crippen LogP contribution is -2.30. The number of hydrogen-bond donors (Lipinski definition) is 0. The summed E-state index contributed by atoms with van der Waals surface area (Å²) in [5, 5.41) is 0. The molecule has 0 aromatic carbocycles. The molecule has 0 saturated heterocycles. The van der Waals surface area contributed by atoms with Crippen LogP contribution in [0.5, 0.6) is 0 Å². The zero-order chi connectivity index (χ0) is 45.8. The van der Waals surface area contributed by atoms with Crippen LogP contribution >= 0.6 is 0 Å². The van der Waals surface area contributed by atoms with Crippen molar-refractivity contribution in [2.24, 2.45) is 0 Å². The first kappa shape index (κ1) is 58.3. The number of esters is 3. The number of carbonyl (C=O) groups excluding carboxylic acids is 3. The molecule has 0 aliphatic heterocycles. The number of rotatable bonds is 41. The van der Waals surface area contributed by atoms with Gasteiger partial charge >= 0.3 is 17.9 Å². The van der Waals surface area contributed by atoms with Crippen LogP contribution < -0.4 is 0 Å². The molecule has 0 bridgehead atoms.